The summed E-state index contributed by atoms with van der Waals surface area (Å²) in [7, 11) is 0. The van der Waals surface area contributed by atoms with Crippen molar-refractivity contribution < 1.29 is 18.5 Å². The van der Waals surface area contributed by atoms with Crippen molar-refractivity contribution in [3.05, 3.63) is 30.1 Å². The predicted octanol–water partition coefficient (Wildman–Crippen LogP) is 2.37. The van der Waals surface area contributed by atoms with Crippen LogP contribution in [-0.4, -0.2) is 16.2 Å². The zero-order chi connectivity index (χ0) is 13.1. The van der Waals surface area contributed by atoms with Gasteiger partial charge in [0.25, 0.3) is 0 Å². The summed E-state index contributed by atoms with van der Waals surface area (Å²) < 4.78 is 31.4. The summed E-state index contributed by atoms with van der Waals surface area (Å²) >= 11 is -1.75. The molecule has 0 saturated heterocycles. The number of hydrogen-bond acceptors (Lipinski definition) is 3. The molecule has 1 amide bonds. The lowest BCUT2D eigenvalue weighted by molar-refractivity contribution is 0.0570. The molecule has 0 saturated carbocycles. The van der Waals surface area contributed by atoms with E-state index < -0.39 is 28.9 Å². The number of hydrogen-bond donors (Lipinski definition) is 1. The van der Waals surface area contributed by atoms with Gasteiger partial charge < -0.3 is 9.29 Å². The van der Waals surface area contributed by atoms with Gasteiger partial charge in [0.1, 0.15) is 22.8 Å². The lowest BCUT2D eigenvalue weighted by atomic mass is 10.2. The van der Waals surface area contributed by atoms with Gasteiger partial charge in [0, 0.05) is 0 Å². The molecule has 0 spiro atoms. The number of rotatable bonds is 2. The molecule has 0 fully saturated rings. The van der Waals surface area contributed by atoms with Gasteiger partial charge in [0.05, 0.1) is 0 Å². The van der Waals surface area contributed by atoms with Crippen molar-refractivity contribution in [2.75, 3.05) is 0 Å². The van der Waals surface area contributed by atoms with E-state index in [9.17, 15) is 13.7 Å². The quantitative estimate of drug-likeness (QED) is 0.829. The number of amides is 1. The van der Waals surface area contributed by atoms with Crippen LogP contribution in [0.2, 0.25) is 0 Å². The molecule has 0 aliphatic heterocycles. The third-order valence-electron chi connectivity index (χ3n) is 1.60. The van der Waals surface area contributed by atoms with E-state index in [0.29, 0.717) is 4.90 Å². The molecule has 17 heavy (non-hydrogen) atoms. The molecule has 1 unspecified atom stereocenters. The minimum atomic E-state index is -1.75. The number of nitrogens with one attached hydrogen (secondary N) is 1. The molecule has 1 N–H and O–H groups in total. The maximum Gasteiger partial charge on any atom is 0.449 e. The number of benzene rings is 1. The molecule has 0 aliphatic carbocycles. The molecule has 0 heterocycles. The van der Waals surface area contributed by atoms with Gasteiger partial charge in [0.15, 0.2) is 4.90 Å². The van der Waals surface area contributed by atoms with Crippen molar-refractivity contribution in [1.82, 2.24) is 4.72 Å². The van der Waals surface area contributed by atoms with Crippen LogP contribution in [0.4, 0.5) is 9.18 Å². The highest BCUT2D eigenvalue weighted by Crippen LogP contribution is 2.11. The summed E-state index contributed by atoms with van der Waals surface area (Å²) in [6, 6.07) is 5.01. The second kappa shape index (κ2) is 5.37. The fourth-order valence-electron chi connectivity index (χ4n) is 0.992. The summed E-state index contributed by atoms with van der Waals surface area (Å²) in [5.41, 5.74) is -0.656. The second-order valence-electron chi connectivity index (χ2n) is 4.33. The van der Waals surface area contributed by atoms with Crippen molar-refractivity contribution in [3.8, 4) is 0 Å². The fourth-order valence-corrected chi connectivity index (χ4v) is 1.69. The third kappa shape index (κ3) is 5.06. The number of halogens is 1. The van der Waals surface area contributed by atoms with Gasteiger partial charge in [-0.2, -0.15) is 0 Å². The summed E-state index contributed by atoms with van der Waals surface area (Å²) in [5.74, 6) is -0.428. The van der Waals surface area contributed by atoms with Crippen LogP contribution in [0.1, 0.15) is 20.8 Å². The Bertz CT molecular complexity index is 389. The van der Waals surface area contributed by atoms with Gasteiger partial charge in [-0.1, -0.05) is 0 Å². The topological polar surface area (TPSA) is 61.4 Å². The SMILES string of the molecule is CC(C)(C)OC(=O)N[S+]([O-])c1ccc(F)cc1. The summed E-state index contributed by atoms with van der Waals surface area (Å²) in [6.45, 7) is 5.11. The average molecular weight is 259 g/mol. The monoisotopic (exact) mass is 259 g/mol. The number of ether oxygens (including phenoxy) is 1. The first-order valence-corrected chi connectivity index (χ1v) is 6.10. The number of carbonyl (C=O) groups excluding carboxylic acids is 1. The molecule has 1 atom stereocenters. The van der Waals surface area contributed by atoms with Gasteiger partial charge in [-0.3, -0.25) is 0 Å². The lowest BCUT2D eigenvalue weighted by Gasteiger charge is -2.19. The first kappa shape index (κ1) is 13.8. The molecule has 1 aromatic rings. The molecule has 0 bridgehead atoms. The smallest absolute Gasteiger partial charge is 0.449 e. The van der Waals surface area contributed by atoms with Crippen LogP contribution >= 0.6 is 0 Å². The third-order valence-corrected chi connectivity index (χ3v) is 2.66. The Morgan fingerprint density at radius 1 is 1.35 bits per heavy atom. The van der Waals surface area contributed by atoms with Crippen LogP contribution in [0.25, 0.3) is 0 Å². The van der Waals surface area contributed by atoms with E-state index in [1.165, 1.54) is 24.3 Å². The Balaban J connectivity index is 2.57. The zero-order valence-corrected chi connectivity index (χ0v) is 10.6. The molecule has 0 aliphatic rings. The molecule has 4 nitrogen and oxygen atoms in total. The number of carbonyl (C=O) groups is 1. The van der Waals surface area contributed by atoms with E-state index >= 15 is 0 Å². The Labute approximate surface area is 102 Å². The van der Waals surface area contributed by atoms with Gasteiger partial charge in [0.2, 0.25) is 0 Å². The van der Waals surface area contributed by atoms with E-state index in [1.807, 2.05) is 0 Å². The van der Waals surface area contributed by atoms with E-state index in [0.717, 1.165) is 0 Å². The molecule has 0 radical (unpaired) electrons. The minimum Gasteiger partial charge on any atom is -0.588 e. The maximum atomic E-state index is 12.6. The van der Waals surface area contributed by atoms with Crippen molar-refractivity contribution in [3.63, 3.8) is 0 Å². The summed E-state index contributed by atoms with van der Waals surface area (Å²) in [5, 5.41) is 0. The second-order valence-corrected chi connectivity index (χ2v) is 5.54. The van der Waals surface area contributed by atoms with E-state index in [-0.39, 0.29) is 0 Å². The first-order valence-electron chi connectivity index (χ1n) is 4.95. The largest absolute Gasteiger partial charge is 0.588 e. The molecule has 94 valence electrons. The van der Waals surface area contributed by atoms with Gasteiger partial charge in [-0.05, 0) is 45.0 Å². The first-order chi connectivity index (χ1) is 7.78. The highest BCUT2D eigenvalue weighted by molar-refractivity contribution is 7.90. The Morgan fingerprint density at radius 3 is 2.35 bits per heavy atom. The van der Waals surface area contributed by atoms with Crippen molar-refractivity contribution in [1.29, 1.82) is 0 Å². The van der Waals surface area contributed by atoms with Gasteiger partial charge in [-0.15, -0.1) is 4.72 Å². The minimum absolute atomic E-state index is 0.303. The molecular formula is C11H14FNO3S. The normalized spacial score (nSPS) is 13.0. The van der Waals surface area contributed by atoms with Gasteiger partial charge >= 0.3 is 6.09 Å². The Morgan fingerprint density at radius 2 is 1.88 bits per heavy atom. The fraction of sp³-hybridized carbons (Fsp3) is 0.364. The van der Waals surface area contributed by atoms with Crippen LogP contribution < -0.4 is 4.72 Å². The average Bonchev–Trinajstić information content (AvgIpc) is 2.15. The lowest BCUT2D eigenvalue weighted by Crippen LogP contribution is -2.36. The van der Waals surface area contributed by atoms with Crippen LogP contribution in [0.15, 0.2) is 29.2 Å². The van der Waals surface area contributed by atoms with Gasteiger partial charge in [-0.25, -0.2) is 9.18 Å². The highest BCUT2D eigenvalue weighted by Gasteiger charge is 2.21. The van der Waals surface area contributed by atoms with Crippen molar-refractivity contribution in [2.45, 2.75) is 31.3 Å². The van der Waals surface area contributed by atoms with E-state index in [4.69, 9.17) is 4.74 Å². The molecular weight excluding hydrogens is 245 g/mol. The molecule has 0 aromatic heterocycles. The van der Waals surface area contributed by atoms with Crippen molar-refractivity contribution >= 4 is 17.5 Å². The van der Waals surface area contributed by atoms with Crippen LogP contribution in [-0.2, 0) is 16.1 Å². The summed E-state index contributed by atoms with van der Waals surface area (Å²) in [4.78, 5) is 11.6. The zero-order valence-electron chi connectivity index (χ0n) is 9.82. The van der Waals surface area contributed by atoms with Crippen molar-refractivity contribution in [2.24, 2.45) is 0 Å². The maximum absolute atomic E-state index is 12.6. The van der Waals surface area contributed by atoms with Crippen LogP contribution in [0.3, 0.4) is 0 Å². The van der Waals surface area contributed by atoms with Crippen LogP contribution in [0, 0.1) is 5.82 Å². The Hall–Kier alpha value is -1.27. The van der Waals surface area contributed by atoms with Crippen LogP contribution in [0.5, 0.6) is 0 Å². The Kier molecular flexibility index (Phi) is 4.36. The van der Waals surface area contributed by atoms with E-state index in [1.54, 1.807) is 20.8 Å². The van der Waals surface area contributed by atoms with E-state index in [2.05, 4.69) is 4.72 Å². The predicted molar refractivity (Wildman–Crippen MR) is 62.2 cm³/mol. The molecule has 6 heteroatoms. The highest BCUT2D eigenvalue weighted by atomic mass is 32.2. The molecule has 1 rings (SSSR count). The molecule has 1 aromatic carbocycles. The standard InChI is InChI=1S/C11H14FNO3S/c1-11(2,3)16-10(14)13-17(15)9-6-4-8(12)5-7-9/h4-7H,1-3H3,(H,13,14). The summed E-state index contributed by atoms with van der Waals surface area (Å²) in [6.07, 6.45) is -0.778.